The summed E-state index contributed by atoms with van der Waals surface area (Å²) in [5, 5.41) is -0.603. The van der Waals surface area contributed by atoms with Crippen LogP contribution in [0.15, 0.2) is 30.3 Å². The predicted molar refractivity (Wildman–Crippen MR) is 77.9 cm³/mol. The first-order valence-electron chi connectivity index (χ1n) is 6.14. The van der Waals surface area contributed by atoms with Crippen LogP contribution in [-0.2, 0) is 6.18 Å². The maximum atomic E-state index is 13.8. The average Bonchev–Trinajstić information content (AvgIpc) is 2.43. The van der Waals surface area contributed by atoms with E-state index in [4.69, 9.17) is 27.9 Å². The number of halogens is 6. The Bertz CT molecular complexity index is 773. The van der Waals surface area contributed by atoms with Crippen molar-refractivity contribution in [3.05, 3.63) is 57.3 Å². The van der Waals surface area contributed by atoms with Crippen LogP contribution in [-0.4, -0.2) is 5.78 Å². The van der Waals surface area contributed by atoms with Crippen LogP contribution in [0.2, 0.25) is 10.0 Å². The van der Waals surface area contributed by atoms with Gasteiger partial charge in [-0.3, -0.25) is 4.79 Å². The summed E-state index contributed by atoms with van der Waals surface area (Å²) in [6.07, 6.45) is -4.66. The molecule has 0 fully saturated rings. The van der Waals surface area contributed by atoms with Gasteiger partial charge in [-0.05, 0) is 31.2 Å². The zero-order chi connectivity index (χ0) is 17.4. The zero-order valence-electron chi connectivity index (χ0n) is 11.5. The lowest BCUT2D eigenvalue weighted by atomic mass is 10.1. The molecule has 0 aromatic heterocycles. The van der Waals surface area contributed by atoms with Crippen LogP contribution >= 0.6 is 23.2 Å². The van der Waals surface area contributed by atoms with Crippen molar-refractivity contribution in [3.63, 3.8) is 0 Å². The Morgan fingerprint density at radius 2 is 1.74 bits per heavy atom. The molecule has 2 aromatic carbocycles. The van der Waals surface area contributed by atoms with Crippen LogP contribution in [0.5, 0.6) is 11.5 Å². The van der Waals surface area contributed by atoms with Crippen molar-refractivity contribution in [3.8, 4) is 11.5 Å². The molecule has 2 rings (SSSR count). The second-order valence-electron chi connectivity index (χ2n) is 4.56. The molecule has 23 heavy (non-hydrogen) atoms. The third-order valence-corrected chi connectivity index (χ3v) is 3.50. The summed E-state index contributed by atoms with van der Waals surface area (Å²) in [5.74, 6) is -1.87. The topological polar surface area (TPSA) is 26.3 Å². The number of rotatable bonds is 3. The quantitative estimate of drug-likeness (QED) is 0.481. The van der Waals surface area contributed by atoms with E-state index in [2.05, 4.69) is 0 Å². The van der Waals surface area contributed by atoms with Crippen LogP contribution < -0.4 is 4.74 Å². The number of hydrogen-bond donors (Lipinski definition) is 0. The Balaban J connectivity index is 2.40. The molecule has 0 amide bonds. The van der Waals surface area contributed by atoms with Crippen molar-refractivity contribution >= 4 is 29.0 Å². The smallest absolute Gasteiger partial charge is 0.417 e. The lowest BCUT2D eigenvalue weighted by molar-refractivity contribution is -0.137. The average molecular weight is 367 g/mol. The molecule has 0 atom stereocenters. The Morgan fingerprint density at radius 3 is 2.30 bits per heavy atom. The van der Waals surface area contributed by atoms with Gasteiger partial charge in [0.2, 0.25) is 0 Å². The maximum Gasteiger partial charge on any atom is 0.417 e. The van der Waals surface area contributed by atoms with Gasteiger partial charge in [0.1, 0.15) is 17.3 Å². The number of carbonyl (C=O) groups excluding carboxylic acids is 1. The van der Waals surface area contributed by atoms with Crippen LogP contribution in [0.3, 0.4) is 0 Å². The van der Waals surface area contributed by atoms with Gasteiger partial charge in [-0.1, -0.05) is 23.2 Å². The number of ether oxygens (including phenoxy) is 1. The third kappa shape index (κ3) is 3.95. The molecule has 0 radical (unpaired) electrons. The monoisotopic (exact) mass is 366 g/mol. The first kappa shape index (κ1) is 17.6. The predicted octanol–water partition coefficient (Wildman–Crippen LogP) is 6.15. The van der Waals surface area contributed by atoms with Crippen molar-refractivity contribution < 1.29 is 27.1 Å². The molecule has 0 aliphatic heterocycles. The standard InChI is InChI=1S/C15H8Cl2F4O2/c1-7(22)9-5-12(17)14(6-13(9)18)23-8-2-3-11(16)10(4-8)15(19,20)21/h2-6H,1H3. The van der Waals surface area contributed by atoms with E-state index in [1.54, 1.807) is 0 Å². The summed E-state index contributed by atoms with van der Waals surface area (Å²) in [5.41, 5.74) is -1.33. The van der Waals surface area contributed by atoms with Gasteiger partial charge in [-0.2, -0.15) is 13.2 Å². The van der Waals surface area contributed by atoms with Crippen molar-refractivity contribution in [2.75, 3.05) is 0 Å². The summed E-state index contributed by atoms with van der Waals surface area (Å²) in [7, 11) is 0. The number of ketones is 1. The second-order valence-corrected chi connectivity index (χ2v) is 5.37. The van der Waals surface area contributed by atoms with Gasteiger partial charge in [0.15, 0.2) is 5.78 Å². The normalized spacial score (nSPS) is 11.4. The van der Waals surface area contributed by atoms with E-state index in [1.807, 2.05) is 0 Å². The summed E-state index contributed by atoms with van der Waals surface area (Å²) < 4.78 is 57.3. The number of benzene rings is 2. The Morgan fingerprint density at radius 1 is 1.09 bits per heavy atom. The van der Waals surface area contributed by atoms with Crippen LogP contribution in [0.1, 0.15) is 22.8 Å². The summed E-state index contributed by atoms with van der Waals surface area (Å²) in [6, 6.07) is 4.75. The third-order valence-electron chi connectivity index (χ3n) is 2.87. The van der Waals surface area contributed by atoms with Gasteiger partial charge >= 0.3 is 6.18 Å². The van der Waals surface area contributed by atoms with E-state index in [-0.39, 0.29) is 22.1 Å². The van der Waals surface area contributed by atoms with Crippen molar-refractivity contribution in [2.24, 2.45) is 0 Å². The number of Topliss-reactive ketones (excluding diaryl/α,β-unsaturated/α-hetero) is 1. The first-order valence-corrected chi connectivity index (χ1v) is 6.89. The second kappa shape index (κ2) is 6.37. The minimum Gasteiger partial charge on any atom is -0.456 e. The molecule has 0 heterocycles. The van der Waals surface area contributed by atoms with E-state index < -0.39 is 28.4 Å². The highest BCUT2D eigenvalue weighted by Crippen LogP contribution is 2.39. The van der Waals surface area contributed by atoms with Gasteiger partial charge in [0.25, 0.3) is 0 Å². The fourth-order valence-electron chi connectivity index (χ4n) is 1.79. The molecule has 0 aliphatic carbocycles. The largest absolute Gasteiger partial charge is 0.456 e. The van der Waals surface area contributed by atoms with E-state index >= 15 is 0 Å². The molecule has 0 spiro atoms. The van der Waals surface area contributed by atoms with E-state index in [0.717, 1.165) is 25.1 Å². The van der Waals surface area contributed by atoms with Crippen LogP contribution in [0.4, 0.5) is 17.6 Å². The Hall–Kier alpha value is -1.79. The van der Waals surface area contributed by atoms with Gasteiger partial charge in [-0.15, -0.1) is 0 Å². The SMILES string of the molecule is CC(=O)c1cc(Cl)c(Oc2ccc(Cl)c(C(F)(F)F)c2)cc1F. The lowest BCUT2D eigenvalue weighted by Crippen LogP contribution is -2.06. The molecule has 2 nitrogen and oxygen atoms in total. The van der Waals surface area contributed by atoms with Gasteiger partial charge in [-0.25, -0.2) is 4.39 Å². The summed E-state index contributed by atoms with van der Waals surface area (Å²) >= 11 is 11.4. The van der Waals surface area contributed by atoms with E-state index in [9.17, 15) is 22.4 Å². The minimum atomic E-state index is -4.66. The first-order chi connectivity index (χ1) is 10.6. The fourth-order valence-corrected chi connectivity index (χ4v) is 2.22. The molecule has 0 bridgehead atoms. The molecule has 0 N–H and O–H groups in total. The van der Waals surface area contributed by atoms with Crippen molar-refractivity contribution in [1.29, 1.82) is 0 Å². The highest BCUT2D eigenvalue weighted by Gasteiger charge is 2.33. The number of alkyl halides is 3. The highest BCUT2D eigenvalue weighted by molar-refractivity contribution is 6.32. The maximum absolute atomic E-state index is 13.8. The lowest BCUT2D eigenvalue weighted by Gasteiger charge is -2.13. The molecule has 122 valence electrons. The molecule has 8 heteroatoms. The highest BCUT2D eigenvalue weighted by atomic mass is 35.5. The fraction of sp³-hybridized carbons (Fsp3) is 0.133. The molecule has 0 saturated heterocycles. The number of hydrogen-bond acceptors (Lipinski definition) is 2. The summed E-state index contributed by atoms with van der Waals surface area (Å²) in [4.78, 5) is 11.2. The van der Waals surface area contributed by atoms with Crippen molar-refractivity contribution in [1.82, 2.24) is 0 Å². The molecule has 0 saturated carbocycles. The van der Waals surface area contributed by atoms with Crippen molar-refractivity contribution in [2.45, 2.75) is 13.1 Å². The van der Waals surface area contributed by atoms with Crippen LogP contribution in [0.25, 0.3) is 0 Å². The van der Waals surface area contributed by atoms with Gasteiger partial charge < -0.3 is 4.74 Å². The molecule has 0 unspecified atom stereocenters. The molecule has 2 aromatic rings. The zero-order valence-corrected chi connectivity index (χ0v) is 13.0. The van der Waals surface area contributed by atoms with E-state index in [0.29, 0.717) is 6.07 Å². The molecule has 0 aliphatic rings. The van der Waals surface area contributed by atoms with Crippen LogP contribution in [0, 0.1) is 5.82 Å². The van der Waals surface area contributed by atoms with Gasteiger partial charge in [0.05, 0.1) is 21.2 Å². The van der Waals surface area contributed by atoms with Gasteiger partial charge in [0, 0.05) is 6.07 Å². The Kier molecular flexibility index (Phi) is 4.87. The molecular formula is C15H8Cl2F4O2. The minimum absolute atomic E-state index is 0.111. The van der Waals surface area contributed by atoms with E-state index in [1.165, 1.54) is 6.07 Å². The summed E-state index contributed by atoms with van der Waals surface area (Å²) in [6.45, 7) is 1.16. The molecular weight excluding hydrogens is 359 g/mol. The number of carbonyl (C=O) groups is 1. The Labute approximate surface area is 138 Å².